The second-order valence-electron chi connectivity index (χ2n) is 7.74. The van der Waals surface area contributed by atoms with E-state index in [0.717, 1.165) is 32.1 Å². The average Bonchev–Trinajstić information content (AvgIpc) is 3.53. The van der Waals surface area contributed by atoms with Crippen LogP contribution in [-0.2, 0) is 11.2 Å². The van der Waals surface area contributed by atoms with Gasteiger partial charge in [-0.2, -0.15) is 5.10 Å². The van der Waals surface area contributed by atoms with Crippen molar-refractivity contribution in [2.45, 2.75) is 25.2 Å². The zero-order chi connectivity index (χ0) is 21.4. The molecule has 1 amide bonds. The number of amides is 1. The summed E-state index contributed by atoms with van der Waals surface area (Å²) in [6, 6.07) is 16.8. The quantitative estimate of drug-likeness (QED) is 0.463. The van der Waals surface area contributed by atoms with Crippen LogP contribution >= 0.6 is 11.3 Å². The highest BCUT2D eigenvalue weighted by atomic mass is 32.1. The molecule has 7 heteroatoms. The van der Waals surface area contributed by atoms with Gasteiger partial charge in [-0.3, -0.25) is 14.7 Å². The molecule has 2 N–H and O–H groups in total. The minimum absolute atomic E-state index is 0.0526. The number of fused-ring (bicyclic) bond motifs is 1. The standard InChI is InChI=1S/C24H21N3O3S/c1-30-17-7-5-16(6-8-17)22-13-20(28)18-10-14(2-9-21(18)31-22)11-24(29)25-23-12-19(26-27-23)15-3-4-15/h2,5-10,12-13,15H,3-4,11H2,1H3,(H2,25,26,27,29). The molecule has 31 heavy (non-hydrogen) atoms. The van der Waals surface area contributed by atoms with Crippen molar-refractivity contribution in [2.75, 3.05) is 12.4 Å². The minimum atomic E-state index is -0.154. The van der Waals surface area contributed by atoms with E-state index in [1.54, 1.807) is 24.5 Å². The van der Waals surface area contributed by atoms with Crippen LogP contribution in [0.15, 0.2) is 59.4 Å². The summed E-state index contributed by atoms with van der Waals surface area (Å²) in [4.78, 5) is 26.1. The van der Waals surface area contributed by atoms with Crippen LogP contribution < -0.4 is 15.5 Å². The summed E-state index contributed by atoms with van der Waals surface area (Å²) < 4.78 is 6.09. The minimum Gasteiger partial charge on any atom is -0.497 e. The highest BCUT2D eigenvalue weighted by molar-refractivity contribution is 7.21. The third kappa shape index (κ3) is 4.22. The van der Waals surface area contributed by atoms with Gasteiger partial charge in [0.1, 0.15) is 5.75 Å². The number of aromatic nitrogens is 2. The van der Waals surface area contributed by atoms with Crippen molar-refractivity contribution in [2.24, 2.45) is 0 Å². The van der Waals surface area contributed by atoms with Gasteiger partial charge in [-0.05, 0) is 60.4 Å². The Kier molecular flexibility index (Phi) is 5.03. The monoisotopic (exact) mass is 431 g/mol. The molecule has 5 rings (SSSR count). The van der Waals surface area contributed by atoms with E-state index in [-0.39, 0.29) is 17.8 Å². The van der Waals surface area contributed by atoms with Crippen LogP contribution in [0.25, 0.3) is 20.5 Å². The van der Waals surface area contributed by atoms with Gasteiger partial charge in [-0.25, -0.2) is 0 Å². The number of nitrogens with zero attached hydrogens (tertiary/aromatic N) is 1. The second kappa shape index (κ2) is 8.00. The van der Waals surface area contributed by atoms with Crippen LogP contribution in [0.4, 0.5) is 5.82 Å². The number of aromatic amines is 1. The first-order valence-electron chi connectivity index (χ1n) is 10.2. The molecule has 6 nitrogen and oxygen atoms in total. The summed E-state index contributed by atoms with van der Waals surface area (Å²) in [5, 5.41) is 10.6. The Morgan fingerprint density at radius 3 is 2.71 bits per heavy atom. The van der Waals surface area contributed by atoms with Crippen molar-refractivity contribution in [1.82, 2.24) is 10.2 Å². The van der Waals surface area contributed by atoms with Crippen molar-refractivity contribution >= 4 is 33.1 Å². The second-order valence-corrected chi connectivity index (χ2v) is 8.83. The van der Waals surface area contributed by atoms with Crippen molar-refractivity contribution in [1.29, 1.82) is 0 Å². The summed E-state index contributed by atoms with van der Waals surface area (Å²) in [5.74, 6) is 1.72. The Labute approximate surface area is 182 Å². The average molecular weight is 432 g/mol. The fourth-order valence-electron chi connectivity index (χ4n) is 3.59. The number of ether oxygens (including phenoxy) is 1. The molecule has 0 atom stereocenters. The van der Waals surface area contributed by atoms with Crippen LogP contribution in [0.3, 0.4) is 0 Å². The van der Waals surface area contributed by atoms with Crippen molar-refractivity contribution in [3.05, 3.63) is 76.1 Å². The molecule has 2 aromatic carbocycles. The number of hydrogen-bond acceptors (Lipinski definition) is 5. The highest BCUT2D eigenvalue weighted by Crippen LogP contribution is 2.39. The van der Waals surface area contributed by atoms with Gasteiger partial charge in [0.2, 0.25) is 5.91 Å². The smallest absolute Gasteiger partial charge is 0.229 e. The molecule has 0 bridgehead atoms. The molecule has 0 spiro atoms. The Hall–Kier alpha value is -3.45. The van der Waals surface area contributed by atoms with Crippen LogP contribution in [0, 0.1) is 0 Å². The van der Waals surface area contributed by atoms with Crippen LogP contribution in [0.1, 0.15) is 30.0 Å². The predicted octanol–water partition coefficient (Wildman–Crippen LogP) is 4.72. The van der Waals surface area contributed by atoms with Crippen molar-refractivity contribution in [3.63, 3.8) is 0 Å². The molecule has 2 aromatic heterocycles. The Balaban J connectivity index is 1.34. The molecule has 0 saturated heterocycles. The molecule has 0 unspecified atom stereocenters. The van der Waals surface area contributed by atoms with Gasteiger partial charge in [-0.15, -0.1) is 11.3 Å². The van der Waals surface area contributed by atoms with E-state index in [1.165, 1.54) is 12.8 Å². The highest BCUT2D eigenvalue weighted by Gasteiger charge is 2.25. The van der Waals surface area contributed by atoms with Crippen molar-refractivity contribution in [3.8, 4) is 16.2 Å². The van der Waals surface area contributed by atoms with Crippen molar-refractivity contribution < 1.29 is 9.53 Å². The lowest BCUT2D eigenvalue weighted by Crippen LogP contribution is -2.14. The molecule has 1 aliphatic rings. The van der Waals surface area contributed by atoms with Gasteiger partial charge in [0.05, 0.1) is 13.5 Å². The number of carbonyl (C=O) groups excluding carboxylic acids is 1. The van der Waals surface area contributed by atoms with Crippen LogP contribution in [0.2, 0.25) is 0 Å². The summed E-state index contributed by atoms with van der Waals surface area (Å²) in [6.45, 7) is 0. The number of H-pyrrole nitrogens is 1. The first-order valence-corrected chi connectivity index (χ1v) is 11.0. The van der Waals surface area contributed by atoms with Crippen LogP contribution in [0.5, 0.6) is 5.75 Å². The van der Waals surface area contributed by atoms with E-state index in [1.807, 2.05) is 48.5 Å². The lowest BCUT2D eigenvalue weighted by Gasteiger charge is -2.06. The summed E-state index contributed by atoms with van der Waals surface area (Å²) >= 11 is 1.55. The molecule has 0 aliphatic heterocycles. The van der Waals surface area contributed by atoms with Gasteiger partial charge in [0.15, 0.2) is 11.2 Å². The number of carbonyl (C=O) groups is 1. The normalized spacial score (nSPS) is 13.3. The Morgan fingerprint density at radius 1 is 1.16 bits per heavy atom. The van der Waals surface area contributed by atoms with Gasteiger partial charge >= 0.3 is 0 Å². The van der Waals surface area contributed by atoms with Gasteiger partial charge in [0.25, 0.3) is 0 Å². The van der Waals surface area contributed by atoms with E-state index in [4.69, 9.17) is 4.74 Å². The molecule has 4 aromatic rings. The first-order chi connectivity index (χ1) is 15.1. The first kappa shape index (κ1) is 19.5. The largest absolute Gasteiger partial charge is 0.497 e. The van der Waals surface area contributed by atoms with Crippen LogP contribution in [-0.4, -0.2) is 23.2 Å². The van der Waals surface area contributed by atoms with Gasteiger partial charge in [-0.1, -0.05) is 6.07 Å². The lowest BCUT2D eigenvalue weighted by atomic mass is 10.1. The van der Waals surface area contributed by atoms with E-state index in [9.17, 15) is 9.59 Å². The number of methoxy groups -OCH3 is 1. The fourth-order valence-corrected chi connectivity index (χ4v) is 4.65. The van der Waals surface area contributed by atoms with Gasteiger partial charge < -0.3 is 10.1 Å². The fraction of sp³-hybridized carbons (Fsp3) is 0.208. The number of rotatable bonds is 6. The maximum absolute atomic E-state index is 12.8. The molecule has 1 saturated carbocycles. The zero-order valence-electron chi connectivity index (χ0n) is 17.0. The Bertz CT molecular complexity index is 1320. The molecule has 1 aliphatic carbocycles. The molecule has 1 fully saturated rings. The van der Waals surface area contributed by atoms with E-state index < -0.39 is 0 Å². The topological polar surface area (TPSA) is 84.1 Å². The summed E-state index contributed by atoms with van der Waals surface area (Å²) in [7, 11) is 1.63. The lowest BCUT2D eigenvalue weighted by molar-refractivity contribution is -0.115. The zero-order valence-corrected chi connectivity index (χ0v) is 17.8. The van der Waals surface area contributed by atoms with E-state index >= 15 is 0 Å². The Morgan fingerprint density at radius 2 is 1.97 bits per heavy atom. The molecular formula is C24H21N3O3S. The number of nitrogens with one attached hydrogen (secondary N) is 2. The summed E-state index contributed by atoms with van der Waals surface area (Å²) in [6.07, 6.45) is 2.53. The van der Waals surface area contributed by atoms with E-state index in [0.29, 0.717) is 17.1 Å². The molecular weight excluding hydrogens is 410 g/mol. The summed E-state index contributed by atoms with van der Waals surface area (Å²) in [5.41, 5.74) is 2.79. The molecule has 0 radical (unpaired) electrons. The predicted molar refractivity (Wildman–Crippen MR) is 123 cm³/mol. The maximum atomic E-state index is 12.8. The third-order valence-corrected chi connectivity index (χ3v) is 6.56. The SMILES string of the molecule is COc1ccc(-c2cc(=O)c3cc(CC(=O)Nc4cc(C5CC5)[nH]n4)ccc3s2)cc1. The number of anilines is 1. The molecule has 2 heterocycles. The van der Waals surface area contributed by atoms with E-state index in [2.05, 4.69) is 15.5 Å². The third-order valence-electron chi connectivity index (χ3n) is 5.41. The molecule has 156 valence electrons. The number of hydrogen-bond donors (Lipinski definition) is 2. The number of benzene rings is 2. The van der Waals surface area contributed by atoms with Gasteiger partial charge in [0, 0.05) is 38.7 Å². The maximum Gasteiger partial charge on any atom is 0.229 e.